The van der Waals surface area contributed by atoms with Crippen molar-refractivity contribution < 1.29 is 14.6 Å². The Labute approximate surface area is 137 Å². The summed E-state index contributed by atoms with van der Waals surface area (Å²) in [5.74, 6) is -0.446. The number of hydrogen-bond acceptors (Lipinski definition) is 3. The van der Waals surface area contributed by atoms with Crippen LogP contribution in [0.3, 0.4) is 0 Å². The number of esters is 1. The average molecular weight is 312 g/mol. The number of aliphatic hydroxyl groups excluding tert-OH is 1. The van der Waals surface area contributed by atoms with Crippen LogP contribution in [0, 0.1) is 0 Å². The molecule has 1 N–H and O–H groups in total. The summed E-state index contributed by atoms with van der Waals surface area (Å²) in [7, 11) is 0. The number of ether oxygens (including phenoxy) is 1. The normalized spacial score (nSPS) is 12.1. The van der Waals surface area contributed by atoms with Crippen molar-refractivity contribution in [1.29, 1.82) is 0 Å². The van der Waals surface area contributed by atoms with Gasteiger partial charge < -0.3 is 9.84 Å². The highest BCUT2D eigenvalue weighted by Crippen LogP contribution is 2.13. The van der Waals surface area contributed by atoms with Crippen molar-refractivity contribution in [2.45, 2.75) is 96.5 Å². The van der Waals surface area contributed by atoms with Gasteiger partial charge in [0.2, 0.25) is 0 Å². The molecular formula is C19H36O3. The maximum Gasteiger partial charge on any atom is 0.330 e. The number of carbonyl (C=O) groups excluding carboxylic acids is 1. The minimum absolute atomic E-state index is 0.0996. The van der Waals surface area contributed by atoms with Crippen molar-refractivity contribution in [2.75, 3.05) is 6.61 Å². The third-order valence-corrected chi connectivity index (χ3v) is 4.03. The minimum atomic E-state index is -0.446. The zero-order chi connectivity index (χ0) is 16.5. The average Bonchev–Trinajstić information content (AvgIpc) is 2.54. The van der Waals surface area contributed by atoms with Gasteiger partial charge in [-0.2, -0.15) is 0 Å². The van der Waals surface area contributed by atoms with Crippen LogP contribution in [0.2, 0.25) is 0 Å². The summed E-state index contributed by atoms with van der Waals surface area (Å²) < 4.78 is 5.04. The van der Waals surface area contributed by atoms with Crippen LogP contribution < -0.4 is 0 Å². The van der Waals surface area contributed by atoms with Crippen molar-refractivity contribution in [2.24, 2.45) is 0 Å². The molecule has 1 unspecified atom stereocenters. The van der Waals surface area contributed by atoms with E-state index in [9.17, 15) is 4.79 Å². The summed E-state index contributed by atoms with van der Waals surface area (Å²) in [4.78, 5) is 11.0. The molecule has 3 nitrogen and oxygen atoms in total. The highest BCUT2D eigenvalue weighted by atomic mass is 16.5. The summed E-state index contributed by atoms with van der Waals surface area (Å²) in [6.45, 7) is 5.51. The van der Waals surface area contributed by atoms with Gasteiger partial charge in [0.15, 0.2) is 0 Å². The highest BCUT2D eigenvalue weighted by Gasteiger charge is 2.10. The molecule has 0 amide bonds. The summed E-state index contributed by atoms with van der Waals surface area (Å²) in [5.41, 5.74) is 0. The van der Waals surface area contributed by atoms with Crippen LogP contribution in [0.15, 0.2) is 12.7 Å². The minimum Gasteiger partial charge on any atom is -0.457 e. The lowest BCUT2D eigenvalue weighted by molar-refractivity contribution is -0.145. The van der Waals surface area contributed by atoms with E-state index in [-0.39, 0.29) is 12.7 Å². The lowest BCUT2D eigenvalue weighted by atomic mass is 10.0. The molecule has 22 heavy (non-hydrogen) atoms. The molecule has 0 radical (unpaired) electrons. The van der Waals surface area contributed by atoms with Crippen LogP contribution in [0.25, 0.3) is 0 Å². The number of aliphatic hydroxyl groups is 1. The first-order valence-corrected chi connectivity index (χ1v) is 9.18. The van der Waals surface area contributed by atoms with Gasteiger partial charge in [0.25, 0.3) is 0 Å². The Hall–Kier alpha value is -0.830. The van der Waals surface area contributed by atoms with Crippen molar-refractivity contribution in [3.63, 3.8) is 0 Å². The first-order valence-electron chi connectivity index (χ1n) is 9.18. The summed E-state index contributed by atoms with van der Waals surface area (Å²) >= 11 is 0. The van der Waals surface area contributed by atoms with Crippen molar-refractivity contribution >= 4 is 5.97 Å². The summed E-state index contributed by atoms with van der Waals surface area (Å²) in [6, 6.07) is 0. The van der Waals surface area contributed by atoms with Crippen LogP contribution in [-0.2, 0) is 9.53 Å². The SMILES string of the molecule is C=CC(=O)OC(CO)CCCCCCCCCCCCCC. The van der Waals surface area contributed by atoms with Gasteiger partial charge in [0, 0.05) is 6.08 Å². The molecule has 3 heteroatoms. The molecule has 0 heterocycles. The van der Waals surface area contributed by atoms with Gasteiger partial charge in [-0.25, -0.2) is 4.79 Å². The van der Waals surface area contributed by atoms with Crippen LogP contribution >= 0.6 is 0 Å². The van der Waals surface area contributed by atoms with E-state index in [2.05, 4.69) is 13.5 Å². The summed E-state index contributed by atoms with van der Waals surface area (Å²) in [5, 5.41) is 9.14. The van der Waals surface area contributed by atoms with Crippen molar-refractivity contribution in [3.8, 4) is 0 Å². The molecule has 0 saturated carbocycles. The van der Waals surface area contributed by atoms with Gasteiger partial charge >= 0.3 is 5.97 Å². The Morgan fingerprint density at radius 2 is 1.41 bits per heavy atom. The molecule has 0 bridgehead atoms. The molecule has 0 aromatic carbocycles. The van der Waals surface area contributed by atoms with E-state index in [1.54, 1.807) is 0 Å². The van der Waals surface area contributed by atoms with Gasteiger partial charge in [0.05, 0.1) is 6.61 Å². The quantitative estimate of drug-likeness (QED) is 0.243. The number of carbonyl (C=O) groups is 1. The Balaban J connectivity index is 3.28. The van der Waals surface area contributed by atoms with Crippen LogP contribution in [0.5, 0.6) is 0 Å². The molecule has 0 aliphatic heterocycles. The molecule has 0 aromatic heterocycles. The van der Waals surface area contributed by atoms with E-state index >= 15 is 0 Å². The van der Waals surface area contributed by atoms with E-state index in [0.717, 1.165) is 25.3 Å². The van der Waals surface area contributed by atoms with Gasteiger partial charge in [0.1, 0.15) is 6.10 Å². The van der Waals surface area contributed by atoms with Gasteiger partial charge in [-0.15, -0.1) is 0 Å². The first-order chi connectivity index (χ1) is 10.7. The van der Waals surface area contributed by atoms with Crippen LogP contribution in [-0.4, -0.2) is 23.8 Å². The van der Waals surface area contributed by atoms with Crippen molar-refractivity contribution in [3.05, 3.63) is 12.7 Å². The maximum absolute atomic E-state index is 11.0. The fourth-order valence-corrected chi connectivity index (χ4v) is 2.61. The predicted molar refractivity (Wildman–Crippen MR) is 92.9 cm³/mol. The molecule has 0 fully saturated rings. The standard InChI is InChI=1S/C19H36O3/c1-3-5-6-7-8-9-10-11-12-13-14-15-16-18(17-20)22-19(21)4-2/h4,18,20H,2-3,5-17H2,1H3. The zero-order valence-corrected chi connectivity index (χ0v) is 14.5. The van der Waals surface area contributed by atoms with Crippen LogP contribution in [0.1, 0.15) is 90.4 Å². The first kappa shape index (κ1) is 21.2. The second kappa shape index (κ2) is 16.5. The van der Waals surface area contributed by atoms with E-state index in [0.29, 0.717) is 0 Å². The van der Waals surface area contributed by atoms with Crippen LogP contribution in [0.4, 0.5) is 0 Å². The second-order valence-electron chi connectivity index (χ2n) is 6.12. The van der Waals surface area contributed by atoms with E-state index in [4.69, 9.17) is 9.84 Å². The third-order valence-electron chi connectivity index (χ3n) is 4.03. The molecule has 1 atom stereocenters. The Morgan fingerprint density at radius 3 is 1.82 bits per heavy atom. The van der Waals surface area contributed by atoms with Gasteiger partial charge in [-0.3, -0.25) is 0 Å². The monoisotopic (exact) mass is 312 g/mol. The molecular weight excluding hydrogens is 276 g/mol. The predicted octanol–water partition coefficient (Wildman–Crippen LogP) is 5.17. The lowest BCUT2D eigenvalue weighted by Crippen LogP contribution is -2.20. The molecule has 0 saturated heterocycles. The molecule has 0 rings (SSSR count). The zero-order valence-electron chi connectivity index (χ0n) is 14.5. The Kier molecular flexibility index (Phi) is 15.9. The van der Waals surface area contributed by atoms with E-state index in [1.165, 1.54) is 64.2 Å². The third kappa shape index (κ3) is 14.1. The number of rotatable bonds is 16. The van der Waals surface area contributed by atoms with Crippen molar-refractivity contribution in [1.82, 2.24) is 0 Å². The number of hydrogen-bond donors (Lipinski definition) is 1. The summed E-state index contributed by atoms with van der Waals surface area (Å²) in [6.07, 6.45) is 17.2. The van der Waals surface area contributed by atoms with E-state index < -0.39 is 5.97 Å². The maximum atomic E-state index is 11.0. The number of unbranched alkanes of at least 4 members (excludes halogenated alkanes) is 11. The Morgan fingerprint density at radius 1 is 0.955 bits per heavy atom. The largest absolute Gasteiger partial charge is 0.457 e. The molecule has 0 spiro atoms. The fraction of sp³-hybridized carbons (Fsp3) is 0.842. The highest BCUT2D eigenvalue weighted by molar-refractivity contribution is 5.81. The molecule has 130 valence electrons. The van der Waals surface area contributed by atoms with E-state index in [1.807, 2.05) is 0 Å². The van der Waals surface area contributed by atoms with Gasteiger partial charge in [-0.1, -0.05) is 84.1 Å². The smallest absolute Gasteiger partial charge is 0.330 e. The Bertz CT molecular complexity index is 263. The fourth-order valence-electron chi connectivity index (χ4n) is 2.61. The molecule has 0 aliphatic rings. The second-order valence-corrected chi connectivity index (χ2v) is 6.12. The lowest BCUT2D eigenvalue weighted by Gasteiger charge is -2.13. The topological polar surface area (TPSA) is 46.5 Å². The van der Waals surface area contributed by atoms with Gasteiger partial charge in [-0.05, 0) is 12.8 Å². The molecule has 0 aromatic rings. The molecule has 0 aliphatic carbocycles.